The molecule has 0 heterocycles. The van der Waals surface area contributed by atoms with E-state index >= 15 is 0 Å². The van der Waals surface area contributed by atoms with Gasteiger partial charge in [0.15, 0.2) is 0 Å². The summed E-state index contributed by atoms with van der Waals surface area (Å²) in [5, 5.41) is 3.90. The number of rotatable bonds is 6. The minimum absolute atomic E-state index is 0.122. The van der Waals surface area contributed by atoms with Gasteiger partial charge in [0.2, 0.25) is 0 Å². The second kappa shape index (κ2) is 5.82. The topological polar surface area (TPSA) is 47.6 Å². The average Bonchev–Trinajstić information content (AvgIpc) is 3.24. The first kappa shape index (κ1) is 14.2. The van der Waals surface area contributed by atoms with Crippen molar-refractivity contribution in [3.8, 4) is 11.5 Å². The van der Waals surface area contributed by atoms with E-state index in [9.17, 15) is 4.79 Å². The fraction of sp³-hybridized carbons (Fsp3) is 0.500. The third-order valence-corrected chi connectivity index (χ3v) is 4.71. The number of nitrogens with one attached hydrogen (secondary N) is 1. The van der Waals surface area contributed by atoms with Crippen LogP contribution in [-0.4, -0.2) is 32.0 Å². The molecule has 0 unspecified atom stereocenters. The molecule has 0 spiro atoms. The minimum Gasteiger partial charge on any atom is -0.497 e. The number of amides is 1. The smallest absolute Gasteiger partial charge is 0.255 e. The highest BCUT2D eigenvalue weighted by Crippen LogP contribution is 2.46. The Morgan fingerprint density at radius 3 is 2.63 bits per heavy atom. The fourth-order valence-electron chi connectivity index (χ4n) is 1.89. The van der Waals surface area contributed by atoms with Crippen LogP contribution >= 0.6 is 15.9 Å². The lowest BCUT2D eigenvalue weighted by Crippen LogP contribution is -2.31. The van der Waals surface area contributed by atoms with Crippen molar-refractivity contribution in [2.75, 3.05) is 26.1 Å². The highest BCUT2D eigenvalue weighted by atomic mass is 79.9. The Kier molecular flexibility index (Phi) is 4.34. The number of alkyl halides is 1. The summed E-state index contributed by atoms with van der Waals surface area (Å²) in [5.41, 5.74) is 0.758. The normalized spacial score (nSPS) is 15.7. The van der Waals surface area contributed by atoms with Crippen LogP contribution in [0.1, 0.15) is 23.2 Å². The van der Waals surface area contributed by atoms with Gasteiger partial charge in [-0.1, -0.05) is 15.9 Å². The van der Waals surface area contributed by atoms with Gasteiger partial charge >= 0.3 is 0 Å². The lowest BCUT2D eigenvalue weighted by atomic mass is 10.1. The Bertz CT molecular complexity index is 472. The maximum absolute atomic E-state index is 12.2. The van der Waals surface area contributed by atoms with Gasteiger partial charge in [-0.25, -0.2) is 0 Å². The molecule has 0 aromatic heterocycles. The molecule has 1 aliphatic carbocycles. The summed E-state index contributed by atoms with van der Waals surface area (Å²) in [5.74, 6) is 1.08. The largest absolute Gasteiger partial charge is 0.497 e. The lowest BCUT2D eigenvalue weighted by Gasteiger charge is -2.14. The van der Waals surface area contributed by atoms with Gasteiger partial charge in [-0.15, -0.1) is 0 Å². The van der Waals surface area contributed by atoms with E-state index < -0.39 is 0 Å². The Hall–Kier alpha value is -1.23. The maximum atomic E-state index is 12.2. The van der Waals surface area contributed by atoms with Crippen LogP contribution < -0.4 is 14.8 Å². The SMILES string of the molecule is COc1ccc(OC)c(C(=O)NCC2(CBr)CC2)c1. The van der Waals surface area contributed by atoms with Crippen LogP contribution in [0.15, 0.2) is 18.2 Å². The van der Waals surface area contributed by atoms with E-state index in [1.807, 2.05) is 0 Å². The van der Waals surface area contributed by atoms with Gasteiger partial charge in [-0.3, -0.25) is 4.79 Å². The summed E-state index contributed by atoms with van der Waals surface area (Å²) in [6, 6.07) is 5.21. The van der Waals surface area contributed by atoms with Gasteiger partial charge in [0, 0.05) is 11.9 Å². The third kappa shape index (κ3) is 3.21. The molecule has 0 atom stereocenters. The van der Waals surface area contributed by atoms with E-state index in [2.05, 4.69) is 21.2 Å². The molecule has 5 heteroatoms. The van der Waals surface area contributed by atoms with Crippen molar-refractivity contribution >= 4 is 21.8 Å². The standard InChI is InChI=1S/C14H18BrNO3/c1-18-10-3-4-12(19-2)11(7-10)13(17)16-9-14(8-15)5-6-14/h3-4,7H,5-6,8-9H2,1-2H3,(H,16,17). The number of carbonyl (C=O) groups excluding carboxylic acids is 1. The Balaban J connectivity index is 2.08. The fourth-order valence-corrected chi connectivity index (χ4v) is 2.65. The number of carbonyl (C=O) groups is 1. The van der Waals surface area contributed by atoms with Crippen molar-refractivity contribution in [3.63, 3.8) is 0 Å². The zero-order valence-electron chi connectivity index (χ0n) is 11.2. The minimum atomic E-state index is -0.122. The predicted octanol–water partition coefficient (Wildman–Crippen LogP) is 2.61. The molecule has 1 fully saturated rings. The number of benzene rings is 1. The first-order valence-corrected chi connectivity index (χ1v) is 7.32. The van der Waals surface area contributed by atoms with Crippen LogP contribution in [0.4, 0.5) is 0 Å². The van der Waals surface area contributed by atoms with Crippen LogP contribution in [0.25, 0.3) is 0 Å². The molecule has 0 radical (unpaired) electrons. The quantitative estimate of drug-likeness (QED) is 0.817. The van der Waals surface area contributed by atoms with Gasteiger partial charge in [-0.05, 0) is 36.5 Å². The molecule has 19 heavy (non-hydrogen) atoms. The number of hydrogen-bond donors (Lipinski definition) is 1. The summed E-state index contributed by atoms with van der Waals surface area (Å²) >= 11 is 3.49. The molecule has 1 aromatic carbocycles. The Labute approximate surface area is 121 Å². The number of halogens is 1. The van der Waals surface area contributed by atoms with Gasteiger partial charge in [0.25, 0.3) is 5.91 Å². The second-order valence-electron chi connectivity index (χ2n) is 4.88. The summed E-state index contributed by atoms with van der Waals surface area (Å²) in [7, 11) is 3.13. The molecule has 104 valence electrons. The summed E-state index contributed by atoms with van der Waals surface area (Å²) in [6.45, 7) is 0.692. The molecular weight excluding hydrogens is 310 g/mol. The zero-order chi connectivity index (χ0) is 13.9. The number of methoxy groups -OCH3 is 2. The molecule has 0 saturated heterocycles. The summed E-state index contributed by atoms with van der Waals surface area (Å²) in [4.78, 5) is 12.2. The summed E-state index contributed by atoms with van der Waals surface area (Å²) < 4.78 is 10.4. The van der Waals surface area contributed by atoms with Crippen LogP contribution in [0.3, 0.4) is 0 Å². The van der Waals surface area contributed by atoms with Crippen molar-refractivity contribution in [3.05, 3.63) is 23.8 Å². The molecule has 0 bridgehead atoms. The average molecular weight is 328 g/mol. The van der Waals surface area contributed by atoms with Crippen LogP contribution in [0, 0.1) is 5.41 Å². The van der Waals surface area contributed by atoms with Crippen molar-refractivity contribution in [2.45, 2.75) is 12.8 Å². The van der Waals surface area contributed by atoms with Crippen molar-refractivity contribution in [2.24, 2.45) is 5.41 Å². The first-order chi connectivity index (χ1) is 9.14. The number of hydrogen-bond acceptors (Lipinski definition) is 3. The van der Waals surface area contributed by atoms with Gasteiger partial charge in [0.1, 0.15) is 11.5 Å². The van der Waals surface area contributed by atoms with Crippen LogP contribution in [0.2, 0.25) is 0 Å². The summed E-state index contributed by atoms with van der Waals surface area (Å²) in [6.07, 6.45) is 2.32. The highest BCUT2D eigenvalue weighted by Gasteiger charge is 2.41. The van der Waals surface area contributed by atoms with Gasteiger partial charge < -0.3 is 14.8 Å². The molecule has 1 N–H and O–H groups in total. The molecule has 1 amide bonds. The molecule has 1 aliphatic rings. The monoisotopic (exact) mass is 327 g/mol. The second-order valence-corrected chi connectivity index (χ2v) is 5.44. The van der Waals surface area contributed by atoms with Gasteiger partial charge in [0.05, 0.1) is 19.8 Å². The molecular formula is C14H18BrNO3. The zero-order valence-corrected chi connectivity index (χ0v) is 12.7. The third-order valence-electron chi connectivity index (χ3n) is 3.52. The van der Waals surface area contributed by atoms with Crippen LogP contribution in [-0.2, 0) is 0 Å². The van der Waals surface area contributed by atoms with E-state index in [0.29, 0.717) is 23.6 Å². The van der Waals surface area contributed by atoms with E-state index in [0.717, 1.165) is 18.2 Å². The van der Waals surface area contributed by atoms with E-state index in [1.165, 1.54) is 0 Å². The molecule has 1 saturated carbocycles. The van der Waals surface area contributed by atoms with Crippen molar-refractivity contribution < 1.29 is 14.3 Å². The maximum Gasteiger partial charge on any atom is 0.255 e. The van der Waals surface area contributed by atoms with Crippen LogP contribution in [0.5, 0.6) is 11.5 Å². The molecule has 4 nitrogen and oxygen atoms in total. The lowest BCUT2D eigenvalue weighted by molar-refractivity contribution is 0.0943. The van der Waals surface area contributed by atoms with Gasteiger partial charge in [-0.2, -0.15) is 0 Å². The van der Waals surface area contributed by atoms with E-state index in [4.69, 9.17) is 9.47 Å². The molecule has 0 aliphatic heterocycles. The van der Waals surface area contributed by atoms with Crippen molar-refractivity contribution in [1.29, 1.82) is 0 Å². The van der Waals surface area contributed by atoms with Crippen molar-refractivity contribution in [1.82, 2.24) is 5.32 Å². The van der Waals surface area contributed by atoms with E-state index in [1.54, 1.807) is 32.4 Å². The first-order valence-electron chi connectivity index (χ1n) is 6.20. The Morgan fingerprint density at radius 2 is 2.11 bits per heavy atom. The number of ether oxygens (including phenoxy) is 2. The predicted molar refractivity (Wildman–Crippen MR) is 77.3 cm³/mol. The Morgan fingerprint density at radius 1 is 1.37 bits per heavy atom. The highest BCUT2D eigenvalue weighted by molar-refractivity contribution is 9.09. The molecule has 1 aromatic rings. The molecule has 2 rings (SSSR count). The van der Waals surface area contributed by atoms with E-state index in [-0.39, 0.29) is 11.3 Å².